The van der Waals surface area contributed by atoms with Gasteiger partial charge in [0.05, 0.1) is 27.0 Å². The maximum atomic E-state index is 12.4. The Morgan fingerprint density at radius 1 is 1.00 bits per heavy atom. The second kappa shape index (κ2) is 8.05. The molecule has 7 heteroatoms. The lowest BCUT2D eigenvalue weighted by atomic mass is 10.1. The van der Waals surface area contributed by atoms with Gasteiger partial charge < -0.3 is 19.3 Å². The Bertz CT molecular complexity index is 777. The average Bonchev–Trinajstić information content (AvgIpc) is 2.64. The molecule has 2 N–H and O–H groups in total. The van der Waals surface area contributed by atoms with E-state index < -0.39 is 5.91 Å². The van der Waals surface area contributed by atoms with Crippen LogP contribution in [0, 0.1) is 0 Å². The number of phenols is 1. The van der Waals surface area contributed by atoms with Gasteiger partial charge in [0, 0.05) is 11.1 Å². The van der Waals surface area contributed by atoms with Crippen molar-refractivity contribution in [2.24, 2.45) is 5.10 Å². The molecule has 1 amide bonds. The monoisotopic (exact) mass is 344 g/mol. The SMILES string of the molecule is COc1cc(C(=O)N/N=C(/C)c2cccc(O)c2)cc(OC)c1OC. The summed E-state index contributed by atoms with van der Waals surface area (Å²) in [5.41, 5.74) is 4.03. The van der Waals surface area contributed by atoms with Crippen molar-refractivity contribution in [3.05, 3.63) is 47.5 Å². The van der Waals surface area contributed by atoms with E-state index >= 15 is 0 Å². The first kappa shape index (κ1) is 18.1. The number of ether oxygens (including phenoxy) is 3. The Morgan fingerprint density at radius 3 is 2.16 bits per heavy atom. The van der Waals surface area contributed by atoms with Crippen LogP contribution in [0.5, 0.6) is 23.0 Å². The van der Waals surface area contributed by atoms with E-state index in [4.69, 9.17) is 14.2 Å². The zero-order valence-electron chi connectivity index (χ0n) is 14.5. The zero-order valence-corrected chi connectivity index (χ0v) is 14.5. The van der Waals surface area contributed by atoms with Gasteiger partial charge in [-0.2, -0.15) is 5.10 Å². The molecule has 2 aromatic carbocycles. The second-order valence-electron chi connectivity index (χ2n) is 5.10. The van der Waals surface area contributed by atoms with Crippen molar-refractivity contribution in [1.29, 1.82) is 0 Å². The predicted molar refractivity (Wildman–Crippen MR) is 93.9 cm³/mol. The second-order valence-corrected chi connectivity index (χ2v) is 5.10. The van der Waals surface area contributed by atoms with Crippen LogP contribution >= 0.6 is 0 Å². The quantitative estimate of drug-likeness (QED) is 0.621. The van der Waals surface area contributed by atoms with E-state index in [0.717, 1.165) is 0 Å². The lowest BCUT2D eigenvalue weighted by molar-refractivity contribution is 0.0954. The summed E-state index contributed by atoms with van der Waals surface area (Å²) in [6, 6.07) is 9.68. The van der Waals surface area contributed by atoms with Gasteiger partial charge in [0.25, 0.3) is 5.91 Å². The van der Waals surface area contributed by atoms with E-state index in [1.54, 1.807) is 31.2 Å². The minimum atomic E-state index is -0.432. The van der Waals surface area contributed by atoms with Gasteiger partial charge in [0.15, 0.2) is 11.5 Å². The topological polar surface area (TPSA) is 89.4 Å². The van der Waals surface area contributed by atoms with Gasteiger partial charge >= 0.3 is 0 Å². The third-order valence-electron chi connectivity index (χ3n) is 3.52. The highest BCUT2D eigenvalue weighted by Gasteiger charge is 2.16. The molecule has 2 rings (SSSR count). The van der Waals surface area contributed by atoms with Gasteiger partial charge in [-0.1, -0.05) is 12.1 Å². The number of carbonyl (C=O) groups is 1. The predicted octanol–water partition coefficient (Wildman–Crippen LogP) is 2.57. The van der Waals surface area contributed by atoms with Crippen LogP contribution < -0.4 is 19.6 Å². The van der Waals surface area contributed by atoms with Crippen molar-refractivity contribution < 1.29 is 24.1 Å². The third-order valence-corrected chi connectivity index (χ3v) is 3.52. The molecule has 0 fully saturated rings. The van der Waals surface area contributed by atoms with Crippen molar-refractivity contribution in [3.63, 3.8) is 0 Å². The fourth-order valence-corrected chi connectivity index (χ4v) is 2.21. The molecule has 0 heterocycles. The highest BCUT2D eigenvalue weighted by molar-refractivity contribution is 6.01. The molecule has 0 spiro atoms. The van der Waals surface area contributed by atoms with E-state index in [0.29, 0.717) is 34.1 Å². The van der Waals surface area contributed by atoms with Crippen LogP contribution in [0.4, 0.5) is 0 Å². The first-order valence-corrected chi connectivity index (χ1v) is 7.44. The van der Waals surface area contributed by atoms with E-state index in [9.17, 15) is 9.90 Å². The molecule has 25 heavy (non-hydrogen) atoms. The maximum absolute atomic E-state index is 12.4. The molecule has 0 aromatic heterocycles. The molecular weight excluding hydrogens is 324 g/mol. The van der Waals surface area contributed by atoms with E-state index in [-0.39, 0.29) is 5.75 Å². The van der Waals surface area contributed by atoms with Crippen molar-refractivity contribution in [2.75, 3.05) is 21.3 Å². The minimum Gasteiger partial charge on any atom is -0.508 e. The first-order chi connectivity index (χ1) is 12.0. The Morgan fingerprint density at radius 2 is 1.64 bits per heavy atom. The van der Waals surface area contributed by atoms with Gasteiger partial charge in [-0.3, -0.25) is 4.79 Å². The molecule has 0 aliphatic heterocycles. The molecule has 2 aromatic rings. The van der Waals surface area contributed by atoms with Gasteiger partial charge in [-0.15, -0.1) is 0 Å². The molecule has 132 valence electrons. The molecule has 0 radical (unpaired) electrons. The molecule has 7 nitrogen and oxygen atoms in total. The van der Waals surface area contributed by atoms with Crippen LogP contribution in [0.15, 0.2) is 41.5 Å². The maximum Gasteiger partial charge on any atom is 0.271 e. The third kappa shape index (κ3) is 4.20. The average molecular weight is 344 g/mol. The summed E-state index contributed by atoms with van der Waals surface area (Å²) < 4.78 is 15.7. The molecule has 0 atom stereocenters. The molecule has 0 bridgehead atoms. The largest absolute Gasteiger partial charge is 0.508 e. The smallest absolute Gasteiger partial charge is 0.271 e. The molecule has 0 aliphatic carbocycles. The fourth-order valence-electron chi connectivity index (χ4n) is 2.21. The number of hydrogen-bond acceptors (Lipinski definition) is 6. The molecule has 0 aliphatic rings. The molecule has 0 saturated heterocycles. The van der Waals surface area contributed by atoms with Crippen LogP contribution in [0.1, 0.15) is 22.8 Å². The van der Waals surface area contributed by atoms with E-state index in [2.05, 4.69) is 10.5 Å². The zero-order chi connectivity index (χ0) is 18.4. The number of nitrogens with one attached hydrogen (secondary N) is 1. The Labute approximate surface area is 145 Å². The van der Waals surface area contributed by atoms with Crippen molar-refractivity contribution in [3.8, 4) is 23.0 Å². The van der Waals surface area contributed by atoms with Crippen LogP contribution in [-0.4, -0.2) is 38.1 Å². The van der Waals surface area contributed by atoms with Crippen molar-refractivity contribution in [2.45, 2.75) is 6.92 Å². The number of benzene rings is 2. The summed E-state index contributed by atoms with van der Waals surface area (Å²) in [6.45, 7) is 1.73. The number of hydrogen-bond donors (Lipinski definition) is 2. The number of methoxy groups -OCH3 is 3. The Balaban J connectivity index is 2.24. The number of phenolic OH excluding ortho intramolecular Hbond substituents is 1. The Kier molecular flexibility index (Phi) is 5.84. The van der Waals surface area contributed by atoms with Gasteiger partial charge in [0.2, 0.25) is 5.75 Å². The lowest BCUT2D eigenvalue weighted by Gasteiger charge is -2.13. The highest BCUT2D eigenvalue weighted by Crippen LogP contribution is 2.38. The minimum absolute atomic E-state index is 0.128. The number of aromatic hydroxyl groups is 1. The van der Waals surface area contributed by atoms with Crippen LogP contribution in [0.3, 0.4) is 0 Å². The summed E-state index contributed by atoms with van der Waals surface area (Å²) in [4.78, 5) is 12.4. The number of hydrazone groups is 1. The fraction of sp³-hybridized carbons (Fsp3) is 0.222. The number of rotatable bonds is 6. The van der Waals surface area contributed by atoms with Crippen molar-refractivity contribution in [1.82, 2.24) is 5.43 Å². The van der Waals surface area contributed by atoms with Crippen LogP contribution in [-0.2, 0) is 0 Å². The summed E-state index contributed by atoms with van der Waals surface area (Å²) in [5, 5.41) is 13.6. The number of amides is 1. The Hall–Kier alpha value is -3.22. The standard InChI is InChI=1S/C18H20N2O5/c1-11(12-6-5-7-14(21)8-12)19-20-18(22)13-9-15(23-2)17(25-4)16(10-13)24-3/h5-10,21H,1-4H3,(H,20,22)/b19-11-. The lowest BCUT2D eigenvalue weighted by Crippen LogP contribution is -2.19. The molecule has 0 unspecified atom stereocenters. The number of nitrogens with zero attached hydrogens (tertiary/aromatic N) is 1. The van der Waals surface area contributed by atoms with Crippen LogP contribution in [0.2, 0.25) is 0 Å². The summed E-state index contributed by atoms with van der Waals surface area (Å²) in [7, 11) is 4.44. The van der Waals surface area contributed by atoms with E-state index in [1.807, 2.05) is 0 Å². The molecular formula is C18H20N2O5. The van der Waals surface area contributed by atoms with Gasteiger partial charge in [-0.05, 0) is 31.2 Å². The highest BCUT2D eigenvalue weighted by atomic mass is 16.5. The number of carbonyl (C=O) groups excluding carboxylic acids is 1. The molecule has 0 saturated carbocycles. The summed E-state index contributed by atoms with van der Waals surface area (Å²) in [6.07, 6.45) is 0. The normalized spacial score (nSPS) is 11.0. The van der Waals surface area contributed by atoms with Gasteiger partial charge in [0.1, 0.15) is 5.75 Å². The van der Waals surface area contributed by atoms with Crippen molar-refractivity contribution >= 4 is 11.6 Å². The van der Waals surface area contributed by atoms with Gasteiger partial charge in [-0.25, -0.2) is 5.43 Å². The van der Waals surface area contributed by atoms with E-state index in [1.165, 1.54) is 33.5 Å². The first-order valence-electron chi connectivity index (χ1n) is 7.44. The summed E-state index contributed by atoms with van der Waals surface area (Å²) >= 11 is 0. The van der Waals surface area contributed by atoms with Crippen LogP contribution in [0.25, 0.3) is 0 Å². The summed E-state index contributed by atoms with van der Waals surface area (Å²) in [5.74, 6) is 0.851.